The molecule has 0 bridgehead atoms. The van der Waals surface area contributed by atoms with Crippen LogP contribution in [0.4, 0.5) is 17.1 Å². The molecular weight excluding hydrogens is 763 g/mol. The van der Waals surface area contributed by atoms with Crippen molar-refractivity contribution < 1.29 is 0 Å². The van der Waals surface area contributed by atoms with Crippen molar-refractivity contribution in [1.82, 2.24) is 15.0 Å². The number of hydrogen-bond acceptors (Lipinski definition) is 6. The summed E-state index contributed by atoms with van der Waals surface area (Å²) in [5, 5.41) is 0. The lowest BCUT2D eigenvalue weighted by atomic mass is 10.1. The second-order valence-electron chi connectivity index (χ2n) is 14.6. The molecule has 7 heteroatoms. The van der Waals surface area contributed by atoms with Crippen LogP contribution >= 0.6 is 22.6 Å². The van der Waals surface area contributed by atoms with Crippen molar-refractivity contribution in [2.75, 3.05) is 55.5 Å². The highest BCUT2D eigenvalue weighted by Gasteiger charge is 2.08. The molecule has 0 unspecified atom stereocenters. The molecule has 3 rings (SSSR count). The lowest BCUT2D eigenvalue weighted by molar-refractivity contribution is 0.606. The SMILES string of the molecule is CCCCCCCCN(C)c1ccnc(C#Cc2cc(N(C)CCCCCCCC)cc(C#Cc3cc(N(C)CCCCCCCC)cc(I)n3)n2)c1. The van der Waals surface area contributed by atoms with Gasteiger partial charge in [-0.25, -0.2) is 15.0 Å². The Hall–Kier alpha value is -3.30. The maximum Gasteiger partial charge on any atom is 0.117 e. The lowest BCUT2D eigenvalue weighted by Gasteiger charge is -2.20. The van der Waals surface area contributed by atoms with Crippen LogP contribution < -0.4 is 14.7 Å². The minimum Gasteiger partial charge on any atom is -0.374 e. The predicted octanol–water partition coefficient (Wildman–Crippen LogP) is 11.7. The smallest absolute Gasteiger partial charge is 0.117 e. The zero-order valence-electron chi connectivity index (χ0n) is 34.0. The van der Waals surface area contributed by atoms with Gasteiger partial charge < -0.3 is 14.7 Å². The van der Waals surface area contributed by atoms with E-state index in [2.05, 4.69) is 144 Å². The quantitative estimate of drug-likeness (QED) is 0.0388. The van der Waals surface area contributed by atoms with E-state index < -0.39 is 0 Å². The molecule has 0 aromatic carbocycles. The summed E-state index contributed by atoms with van der Waals surface area (Å²) < 4.78 is 0.943. The number of halogens is 1. The number of unbranched alkanes of at least 4 members (excludes halogenated alkanes) is 15. The van der Waals surface area contributed by atoms with E-state index >= 15 is 0 Å². The molecule has 3 heterocycles. The Labute approximate surface area is 337 Å². The van der Waals surface area contributed by atoms with E-state index in [0.29, 0.717) is 11.4 Å². The first-order chi connectivity index (χ1) is 25.8. The number of anilines is 3. The molecule has 0 aliphatic carbocycles. The number of pyridine rings is 3. The number of nitrogens with zero attached hydrogens (tertiary/aromatic N) is 6. The molecule has 0 aliphatic rings. The molecule has 3 aromatic heterocycles. The van der Waals surface area contributed by atoms with Crippen LogP contribution in [0, 0.1) is 27.4 Å². The fourth-order valence-electron chi connectivity index (χ4n) is 6.39. The molecule has 0 radical (unpaired) electrons. The second-order valence-corrected chi connectivity index (χ2v) is 15.7. The Kier molecular flexibility index (Phi) is 22.0. The van der Waals surface area contributed by atoms with E-state index in [4.69, 9.17) is 9.97 Å². The summed E-state index contributed by atoms with van der Waals surface area (Å²) in [6.45, 7) is 9.85. The molecule has 0 atom stereocenters. The van der Waals surface area contributed by atoms with Crippen molar-refractivity contribution in [1.29, 1.82) is 0 Å². The summed E-state index contributed by atoms with van der Waals surface area (Å²) in [7, 11) is 6.49. The fourth-order valence-corrected chi connectivity index (χ4v) is 6.97. The van der Waals surface area contributed by atoms with Crippen molar-refractivity contribution >= 4 is 39.7 Å². The average molecular weight is 831 g/mol. The molecule has 0 saturated carbocycles. The molecule has 0 saturated heterocycles. The van der Waals surface area contributed by atoms with Gasteiger partial charge in [0.2, 0.25) is 0 Å². The topological polar surface area (TPSA) is 48.4 Å². The highest BCUT2D eigenvalue weighted by Crippen LogP contribution is 2.20. The van der Waals surface area contributed by atoms with Gasteiger partial charge >= 0.3 is 0 Å². The molecular formula is C46H67IN6. The highest BCUT2D eigenvalue weighted by atomic mass is 127. The third kappa shape index (κ3) is 18.1. The largest absolute Gasteiger partial charge is 0.374 e. The van der Waals surface area contributed by atoms with Crippen molar-refractivity contribution in [3.05, 3.63) is 69.1 Å². The van der Waals surface area contributed by atoms with E-state index in [0.717, 1.165) is 58.2 Å². The molecule has 0 amide bonds. The molecule has 3 aromatic rings. The van der Waals surface area contributed by atoms with Gasteiger partial charge in [-0.3, -0.25) is 0 Å². The van der Waals surface area contributed by atoms with Crippen molar-refractivity contribution in [3.63, 3.8) is 0 Å². The first kappa shape index (κ1) is 44.1. The highest BCUT2D eigenvalue weighted by molar-refractivity contribution is 14.1. The van der Waals surface area contributed by atoms with Crippen LogP contribution in [-0.4, -0.2) is 55.7 Å². The maximum absolute atomic E-state index is 4.90. The van der Waals surface area contributed by atoms with Gasteiger partial charge in [0.25, 0.3) is 0 Å². The van der Waals surface area contributed by atoms with Crippen molar-refractivity contribution in [2.45, 2.75) is 136 Å². The second kappa shape index (κ2) is 26.5. The summed E-state index contributed by atoms with van der Waals surface area (Å²) >= 11 is 2.30. The molecule has 0 aliphatic heterocycles. The summed E-state index contributed by atoms with van der Waals surface area (Å²) in [6.07, 6.45) is 25.0. The molecule has 0 N–H and O–H groups in total. The molecule has 288 valence electrons. The van der Waals surface area contributed by atoms with Gasteiger partial charge in [-0.05, 0) is 102 Å². The van der Waals surface area contributed by atoms with Gasteiger partial charge in [0.1, 0.15) is 26.5 Å². The Bertz CT molecular complexity index is 1600. The predicted molar refractivity (Wildman–Crippen MR) is 237 cm³/mol. The Balaban J connectivity index is 1.80. The first-order valence-corrected chi connectivity index (χ1v) is 21.7. The number of rotatable bonds is 24. The zero-order valence-corrected chi connectivity index (χ0v) is 36.1. The van der Waals surface area contributed by atoms with Gasteiger partial charge in [-0.15, -0.1) is 0 Å². The zero-order chi connectivity index (χ0) is 38.1. The Morgan fingerprint density at radius 3 is 1.28 bits per heavy atom. The van der Waals surface area contributed by atoms with Crippen LogP contribution in [0.15, 0.2) is 42.6 Å². The number of aromatic nitrogens is 3. The van der Waals surface area contributed by atoms with Crippen molar-refractivity contribution in [3.8, 4) is 23.7 Å². The van der Waals surface area contributed by atoms with Gasteiger partial charge in [0.15, 0.2) is 0 Å². The maximum atomic E-state index is 4.90. The molecule has 0 fully saturated rings. The standard InChI is InChI=1S/C46H67IN6/c1-7-10-13-16-19-22-31-51(4)43-29-30-48-39(34-43)25-26-40-35-44(52(5)32-23-20-17-14-11-8-2)36-41(49-40)27-28-42-37-45(38-46(47)50-42)53(6)33-24-21-18-15-12-9-3/h29-30,34-38H,7-24,31-33H2,1-6H3. The summed E-state index contributed by atoms with van der Waals surface area (Å²) in [4.78, 5) is 21.2. The van der Waals surface area contributed by atoms with Crippen LogP contribution in [0.5, 0.6) is 0 Å². The van der Waals surface area contributed by atoms with Crippen LogP contribution in [0.1, 0.15) is 159 Å². The summed E-state index contributed by atoms with van der Waals surface area (Å²) in [6, 6.07) is 12.6. The van der Waals surface area contributed by atoms with Crippen molar-refractivity contribution in [2.24, 2.45) is 0 Å². The molecule has 6 nitrogen and oxygen atoms in total. The van der Waals surface area contributed by atoms with E-state index in [9.17, 15) is 0 Å². The first-order valence-electron chi connectivity index (χ1n) is 20.7. The van der Waals surface area contributed by atoms with E-state index in [1.54, 1.807) is 0 Å². The summed E-state index contributed by atoms with van der Waals surface area (Å²) in [5.41, 5.74) is 6.28. The van der Waals surface area contributed by atoms with Gasteiger partial charge in [-0.2, -0.15) is 0 Å². The lowest BCUT2D eigenvalue weighted by Crippen LogP contribution is -2.19. The van der Waals surface area contributed by atoms with E-state index in [1.807, 2.05) is 6.20 Å². The number of hydrogen-bond donors (Lipinski definition) is 0. The summed E-state index contributed by atoms with van der Waals surface area (Å²) in [5.74, 6) is 13.3. The minimum absolute atomic E-state index is 0.698. The van der Waals surface area contributed by atoms with Gasteiger partial charge in [0, 0.05) is 64.0 Å². The molecule has 53 heavy (non-hydrogen) atoms. The average Bonchev–Trinajstić information content (AvgIpc) is 3.16. The molecule has 0 spiro atoms. The normalized spacial score (nSPS) is 10.7. The fraction of sp³-hybridized carbons (Fsp3) is 0.587. The third-order valence-electron chi connectivity index (χ3n) is 9.83. The van der Waals surface area contributed by atoms with Crippen LogP contribution in [0.25, 0.3) is 0 Å². The Morgan fingerprint density at radius 2 is 0.811 bits per heavy atom. The van der Waals surface area contributed by atoms with Crippen LogP contribution in [0.2, 0.25) is 0 Å². The van der Waals surface area contributed by atoms with E-state index in [1.165, 1.54) is 109 Å². The minimum atomic E-state index is 0.698. The van der Waals surface area contributed by atoms with Crippen LogP contribution in [-0.2, 0) is 0 Å². The van der Waals surface area contributed by atoms with Gasteiger partial charge in [0.05, 0.1) is 0 Å². The van der Waals surface area contributed by atoms with E-state index in [-0.39, 0.29) is 0 Å². The van der Waals surface area contributed by atoms with Gasteiger partial charge in [-0.1, -0.05) is 117 Å². The third-order valence-corrected chi connectivity index (χ3v) is 10.4. The van der Waals surface area contributed by atoms with Crippen LogP contribution in [0.3, 0.4) is 0 Å². The monoisotopic (exact) mass is 830 g/mol. The Morgan fingerprint density at radius 1 is 0.453 bits per heavy atom.